The number of nitrogens with one attached hydrogen (secondary N) is 2. The Morgan fingerprint density at radius 1 is 0.897 bits per heavy atom. The maximum atomic E-state index is 12.3. The first-order valence-corrected chi connectivity index (χ1v) is 9.90. The van der Waals surface area contributed by atoms with E-state index in [-0.39, 0.29) is 50.0 Å². The third-order valence-electron chi connectivity index (χ3n) is 4.62. The SMILES string of the molecule is C=C(C)C(=O)OCCNC(=O)CC1CCCC(C(=O)NCCOC(=O)C(=C)C)C1. The molecule has 0 heterocycles. The Morgan fingerprint density at radius 3 is 2.00 bits per heavy atom. The largest absolute Gasteiger partial charge is 0.460 e. The van der Waals surface area contributed by atoms with Crippen LogP contribution in [0.4, 0.5) is 0 Å². The zero-order valence-corrected chi connectivity index (χ0v) is 17.4. The van der Waals surface area contributed by atoms with Crippen molar-refractivity contribution in [3.63, 3.8) is 0 Å². The summed E-state index contributed by atoms with van der Waals surface area (Å²) < 4.78 is 9.87. The van der Waals surface area contributed by atoms with Gasteiger partial charge in [-0.2, -0.15) is 0 Å². The van der Waals surface area contributed by atoms with Gasteiger partial charge in [0.2, 0.25) is 11.8 Å². The van der Waals surface area contributed by atoms with E-state index < -0.39 is 11.9 Å². The molecular formula is C21H32N2O6. The zero-order chi connectivity index (χ0) is 21.8. The van der Waals surface area contributed by atoms with Crippen LogP contribution < -0.4 is 10.6 Å². The summed E-state index contributed by atoms with van der Waals surface area (Å²) in [5.74, 6) is -1.15. The van der Waals surface area contributed by atoms with E-state index in [9.17, 15) is 19.2 Å². The van der Waals surface area contributed by atoms with Crippen LogP contribution in [-0.2, 0) is 28.7 Å². The third kappa shape index (κ3) is 9.91. The number of carbonyl (C=O) groups excluding carboxylic acids is 4. The van der Waals surface area contributed by atoms with Crippen molar-refractivity contribution in [1.29, 1.82) is 0 Å². The Bertz CT molecular complexity index is 643. The van der Waals surface area contributed by atoms with Gasteiger partial charge >= 0.3 is 11.9 Å². The molecule has 2 atom stereocenters. The molecule has 1 aliphatic rings. The Kier molecular flexibility index (Phi) is 10.7. The number of amides is 2. The summed E-state index contributed by atoms with van der Waals surface area (Å²) in [7, 11) is 0. The Hall–Kier alpha value is -2.64. The first-order chi connectivity index (χ1) is 13.7. The van der Waals surface area contributed by atoms with E-state index in [2.05, 4.69) is 23.8 Å². The van der Waals surface area contributed by atoms with E-state index in [4.69, 9.17) is 9.47 Å². The van der Waals surface area contributed by atoms with Gasteiger partial charge in [-0.3, -0.25) is 9.59 Å². The van der Waals surface area contributed by atoms with Crippen LogP contribution in [-0.4, -0.2) is 50.1 Å². The molecule has 1 saturated carbocycles. The molecule has 0 aromatic carbocycles. The number of hydrogen-bond donors (Lipinski definition) is 2. The van der Waals surface area contributed by atoms with Gasteiger partial charge < -0.3 is 20.1 Å². The highest BCUT2D eigenvalue weighted by Gasteiger charge is 2.28. The summed E-state index contributed by atoms with van der Waals surface area (Å²) in [4.78, 5) is 46.9. The van der Waals surface area contributed by atoms with Crippen molar-refractivity contribution in [2.45, 2.75) is 46.0 Å². The van der Waals surface area contributed by atoms with E-state index in [0.29, 0.717) is 24.0 Å². The minimum atomic E-state index is -0.477. The fourth-order valence-electron chi connectivity index (χ4n) is 3.09. The van der Waals surface area contributed by atoms with E-state index >= 15 is 0 Å². The van der Waals surface area contributed by atoms with Gasteiger partial charge in [0.1, 0.15) is 13.2 Å². The molecule has 2 N–H and O–H groups in total. The van der Waals surface area contributed by atoms with Crippen LogP contribution in [0.3, 0.4) is 0 Å². The van der Waals surface area contributed by atoms with Crippen molar-refractivity contribution >= 4 is 23.8 Å². The van der Waals surface area contributed by atoms with E-state index in [1.54, 1.807) is 13.8 Å². The van der Waals surface area contributed by atoms with Gasteiger partial charge in [-0.05, 0) is 39.0 Å². The smallest absolute Gasteiger partial charge is 0.333 e. The summed E-state index contributed by atoms with van der Waals surface area (Å²) in [6.07, 6.45) is 3.56. The van der Waals surface area contributed by atoms with E-state index in [1.807, 2.05) is 0 Å². The van der Waals surface area contributed by atoms with Crippen LogP contribution in [0.1, 0.15) is 46.0 Å². The van der Waals surface area contributed by atoms with Crippen LogP contribution in [0.5, 0.6) is 0 Å². The molecule has 0 radical (unpaired) electrons. The number of hydrogen-bond acceptors (Lipinski definition) is 6. The average Bonchev–Trinajstić information content (AvgIpc) is 2.67. The van der Waals surface area contributed by atoms with Gasteiger partial charge in [0.05, 0.1) is 13.1 Å². The van der Waals surface area contributed by atoms with Crippen molar-refractivity contribution in [2.24, 2.45) is 11.8 Å². The van der Waals surface area contributed by atoms with E-state index in [1.165, 1.54) is 0 Å². The predicted octanol–water partition coefficient (Wildman–Crippen LogP) is 1.65. The van der Waals surface area contributed by atoms with Gasteiger partial charge in [0, 0.05) is 23.5 Å². The third-order valence-corrected chi connectivity index (χ3v) is 4.62. The molecule has 162 valence electrons. The second kappa shape index (κ2) is 12.7. The summed E-state index contributed by atoms with van der Waals surface area (Å²) >= 11 is 0. The van der Waals surface area contributed by atoms with Crippen LogP contribution in [0.2, 0.25) is 0 Å². The molecule has 0 spiro atoms. The average molecular weight is 408 g/mol. The highest BCUT2D eigenvalue weighted by molar-refractivity contribution is 5.87. The minimum Gasteiger partial charge on any atom is -0.460 e. The zero-order valence-electron chi connectivity index (χ0n) is 17.4. The molecule has 1 fully saturated rings. The summed E-state index contributed by atoms with van der Waals surface area (Å²) in [6.45, 7) is 10.8. The number of ether oxygens (including phenoxy) is 2. The highest BCUT2D eigenvalue weighted by Crippen LogP contribution is 2.31. The highest BCUT2D eigenvalue weighted by atomic mass is 16.5. The Balaban J connectivity index is 2.25. The monoisotopic (exact) mass is 408 g/mol. The molecule has 0 aromatic heterocycles. The summed E-state index contributed by atoms with van der Waals surface area (Å²) in [5, 5.41) is 5.51. The topological polar surface area (TPSA) is 111 Å². The molecule has 8 nitrogen and oxygen atoms in total. The van der Waals surface area contributed by atoms with Crippen LogP contribution in [0, 0.1) is 11.8 Å². The minimum absolute atomic E-state index is 0.0758. The molecule has 2 amide bonds. The summed E-state index contributed by atoms with van der Waals surface area (Å²) in [6, 6.07) is 0. The maximum Gasteiger partial charge on any atom is 0.333 e. The fourth-order valence-corrected chi connectivity index (χ4v) is 3.09. The normalized spacial score (nSPS) is 18.3. The lowest BCUT2D eigenvalue weighted by Crippen LogP contribution is -2.37. The second-order valence-corrected chi connectivity index (χ2v) is 7.41. The number of carbonyl (C=O) groups is 4. The van der Waals surface area contributed by atoms with Gasteiger partial charge in [-0.1, -0.05) is 19.6 Å². The molecule has 0 aliphatic heterocycles. The lowest BCUT2D eigenvalue weighted by atomic mass is 9.79. The molecule has 2 unspecified atom stereocenters. The summed E-state index contributed by atoms with van der Waals surface area (Å²) in [5.41, 5.74) is 0.635. The van der Waals surface area contributed by atoms with Crippen LogP contribution in [0.25, 0.3) is 0 Å². The van der Waals surface area contributed by atoms with Crippen molar-refractivity contribution in [3.05, 3.63) is 24.3 Å². The first-order valence-electron chi connectivity index (χ1n) is 9.90. The van der Waals surface area contributed by atoms with Crippen molar-refractivity contribution in [1.82, 2.24) is 10.6 Å². The molecule has 1 aliphatic carbocycles. The molecular weight excluding hydrogens is 376 g/mol. The first kappa shape index (κ1) is 24.4. The Morgan fingerprint density at radius 2 is 1.45 bits per heavy atom. The maximum absolute atomic E-state index is 12.3. The standard InChI is InChI=1S/C21H32N2O6/c1-14(2)20(26)28-10-8-22-18(24)13-16-6-5-7-17(12-16)19(25)23-9-11-29-21(27)15(3)4/h16-17H,1,3,5-13H2,2,4H3,(H,22,24)(H,23,25). The van der Waals surface area contributed by atoms with Crippen LogP contribution in [0.15, 0.2) is 24.3 Å². The lowest BCUT2D eigenvalue weighted by molar-refractivity contribution is -0.140. The van der Waals surface area contributed by atoms with Gasteiger partial charge in [-0.25, -0.2) is 9.59 Å². The van der Waals surface area contributed by atoms with Crippen molar-refractivity contribution < 1.29 is 28.7 Å². The molecule has 29 heavy (non-hydrogen) atoms. The van der Waals surface area contributed by atoms with Crippen molar-refractivity contribution in [3.8, 4) is 0 Å². The fraction of sp³-hybridized carbons (Fsp3) is 0.619. The van der Waals surface area contributed by atoms with Crippen molar-refractivity contribution in [2.75, 3.05) is 26.3 Å². The molecule has 0 bridgehead atoms. The van der Waals surface area contributed by atoms with Gasteiger partial charge in [0.25, 0.3) is 0 Å². The van der Waals surface area contributed by atoms with Crippen LogP contribution >= 0.6 is 0 Å². The second-order valence-electron chi connectivity index (χ2n) is 7.41. The van der Waals surface area contributed by atoms with Gasteiger partial charge in [-0.15, -0.1) is 0 Å². The lowest BCUT2D eigenvalue weighted by Gasteiger charge is -2.28. The molecule has 0 saturated heterocycles. The van der Waals surface area contributed by atoms with Gasteiger partial charge in [0.15, 0.2) is 0 Å². The quantitative estimate of drug-likeness (QED) is 0.306. The number of esters is 2. The molecule has 0 aromatic rings. The predicted molar refractivity (Wildman–Crippen MR) is 108 cm³/mol. The Labute approximate surface area is 172 Å². The van der Waals surface area contributed by atoms with E-state index in [0.717, 1.165) is 19.3 Å². The number of rotatable bonds is 11. The molecule has 1 rings (SSSR count). The molecule has 8 heteroatoms.